The normalized spacial score (nSPS) is 31.8. The minimum atomic E-state index is 0.119. The molecular formula is C14H16ClNO. The Bertz CT molecular complexity index is 446. The fourth-order valence-electron chi connectivity index (χ4n) is 3.10. The molecule has 2 heterocycles. The average Bonchev–Trinajstić information content (AvgIpc) is 2.70. The number of piperidine rings is 1. The molecule has 0 spiro atoms. The lowest BCUT2D eigenvalue weighted by molar-refractivity contribution is -0.125. The molecule has 1 aromatic rings. The number of Topliss-reactive ketones (excluding diaryl/α,β-unsaturated/α-hetero) is 1. The van der Waals surface area contributed by atoms with Gasteiger partial charge in [-0.25, -0.2) is 0 Å². The van der Waals surface area contributed by atoms with E-state index in [4.69, 9.17) is 11.6 Å². The minimum Gasteiger partial charge on any atom is -0.310 e. The number of hydrogen-bond acceptors (Lipinski definition) is 2. The van der Waals surface area contributed by atoms with Crippen molar-refractivity contribution in [3.8, 4) is 0 Å². The molecule has 90 valence electrons. The molecule has 0 aromatic heterocycles. The van der Waals surface area contributed by atoms with E-state index in [0.29, 0.717) is 24.3 Å². The van der Waals surface area contributed by atoms with Gasteiger partial charge < -0.3 is 5.32 Å². The fourth-order valence-corrected chi connectivity index (χ4v) is 3.32. The summed E-state index contributed by atoms with van der Waals surface area (Å²) in [4.78, 5) is 12.1. The molecule has 1 aromatic carbocycles. The molecule has 3 rings (SSSR count). The standard InChI is InChI=1S/C14H16ClNO/c15-12-4-2-1-3-9(12)7-11-13-6-5-10(16-13)8-14(11)17/h1-4,10-11,13,16H,5-8H2. The summed E-state index contributed by atoms with van der Waals surface area (Å²) in [5, 5.41) is 4.32. The van der Waals surface area contributed by atoms with Crippen LogP contribution in [0, 0.1) is 5.92 Å². The minimum absolute atomic E-state index is 0.119. The summed E-state index contributed by atoms with van der Waals surface area (Å²) >= 11 is 6.16. The second-order valence-corrected chi connectivity index (χ2v) is 5.53. The highest BCUT2D eigenvalue weighted by molar-refractivity contribution is 6.31. The van der Waals surface area contributed by atoms with Gasteiger partial charge in [-0.05, 0) is 30.9 Å². The smallest absolute Gasteiger partial charge is 0.139 e. The highest BCUT2D eigenvalue weighted by Crippen LogP contribution is 2.32. The van der Waals surface area contributed by atoms with Gasteiger partial charge in [0.25, 0.3) is 0 Å². The second kappa shape index (κ2) is 4.43. The molecule has 2 saturated heterocycles. The number of ketones is 1. The van der Waals surface area contributed by atoms with E-state index in [1.165, 1.54) is 0 Å². The molecule has 17 heavy (non-hydrogen) atoms. The summed E-state index contributed by atoms with van der Waals surface area (Å²) < 4.78 is 0. The number of nitrogens with one attached hydrogen (secondary N) is 1. The largest absolute Gasteiger partial charge is 0.310 e. The van der Waals surface area contributed by atoms with Gasteiger partial charge in [-0.3, -0.25) is 4.79 Å². The van der Waals surface area contributed by atoms with Crippen molar-refractivity contribution < 1.29 is 4.79 Å². The molecule has 3 atom stereocenters. The summed E-state index contributed by atoms with van der Waals surface area (Å²) in [5.74, 6) is 0.532. The third-order valence-electron chi connectivity index (χ3n) is 4.02. The molecule has 2 nitrogen and oxygen atoms in total. The van der Waals surface area contributed by atoms with Crippen LogP contribution < -0.4 is 5.32 Å². The van der Waals surface area contributed by atoms with E-state index in [1.807, 2.05) is 24.3 Å². The van der Waals surface area contributed by atoms with Gasteiger partial charge in [-0.1, -0.05) is 29.8 Å². The predicted octanol–water partition coefficient (Wildman–Crippen LogP) is 2.59. The Balaban J connectivity index is 1.80. The molecule has 3 heteroatoms. The first-order chi connectivity index (χ1) is 8.24. The summed E-state index contributed by atoms with van der Waals surface area (Å²) in [6.45, 7) is 0. The van der Waals surface area contributed by atoms with Crippen LogP contribution in [-0.4, -0.2) is 17.9 Å². The number of hydrogen-bond donors (Lipinski definition) is 1. The van der Waals surface area contributed by atoms with E-state index in [0.717, 1.165) is 29.8 Å². The SMILES string of the molecule is O=C1CC2CCC(N2)C1Cc1ccccc1Cl. The van der Waals surface area contributed by atoms with E-state index in [9.17, 15) is 4.79 Å². The first-order valence-electron chi connectivity index (χ1n) is 6.26. The van der Waals surface area contributed by atoms with E-state index in [-0.39, 0.29) is 5.92 Å². The topological polar surface area (TPSA) is 29.1 Å². The number of rotatable bonds is 2. The van der Waals surface area contributed by atoms with E-state index in [1.54, 1.807) is 0 Å². The second-order valence-electron chi connectivity index (χ2n) is 5.12. The Hall–Kier alpha value is -0.860. The molecule has 2 bridgehead atoms. The van der Waals surface area contributed by atoms with Crippen molar-refractivity contribution in [1.29, 1.82) is 0 Å². The van der Waals surface area contributed by atoms with Crippen LogP contribution >= 0.6 is 11.6 Å². The fraction of sp³-hybridized carbons (Fsp3) is 0.500. The van der Waals surface area contributed by atoms with Crippen molar-refractivity contribution in [1.82, 2.24) is 5.32 Å². The highest BCUT2D eigenvalue weighted by Gasteiger charge is 2.40. The molecule has 0 radical (unpaired) electrons. The Kier molecular flexibility index (Phi) is 2.93. The summed E-state index contributed by atoms with van der Waals surface area (Å²) in [6.07, 6.45) is 3.76. The first-order valence-corrected chi connectivity index (χ1v) is 6.64. The van der Waals surface area contributed by atoms with Gasteiger partial charge in [0, 0.05) is 29.4 Å². The Labute approximate surface area is 106 Å². The van der Waals surface area contributed by atoms with Gasteiger partial charge in [0.05, 0.1) is 0 Å². The van der Waals surface area contributed by atoms with Crippen LogP contribution in [0.25, 0.3) is 0 Å². The summed E-state index contributed by atoms with van der Waals surface area (Å²) in [5.41, 5.74) is 1.10. The van der Waals surface area contributed by atoms with Gasteiger partial charge in [0.2, 0.25) is 0 Å². The third kappa shape index (κ3) is 2.12. The maximum Gasteiger partial charge on any atom is 0.139 e. The average molecular weight is 250 g/mol. The third-order valence-corrected chi connectivity index (χ3v) is 4.39. The Morgan fingerprint density at radius 3 is 2.94 bits per heavy atom. The van der Waals surface area contributed by atoms with Gasteiger partial charge >= 0.3 is 0 Å². The predicted molar refractivity (Wildman–Crippen MR) is 68.2 cm³/mol. The maximum atomic E-state index is 12.1. The van der Waals surface area contributed by atoms with Crippen LogP contribution in [0.15, 0.2) is 24.3 Å². The zero-order valence-corrected chi connectivity index (χ0v) is 10.4. The maximum absolute atomic E-state index is 12.1. The number of halogens is 1. The molecule has 0 saturated carbocycles. The van der Waals surface area contributed by atoms with Gasteiger partial charge in [0.15, 0.2) is 0 Å². The molecule has 3 unspecified atom stereocenters. The lowest BCUT2D eigenvalue weighted by atomic mass is 9.85. The van der Waals surface area contributed by atoms with Crippen LogP contribution in [0.3, 0.4) is 0 Å². The van der Waals surface area contributed by atoms with Crippen LogP contribution in [0.5, 0.6) is 0 Å². The number of carbonyl (C=O) groups excluding carboxylic acids is 1. The molecular weight excluding hydrogens is 234 g/mol. The summed E-state index contributed by atoms with van der Waals surface area (Å²) in [6, 6.07) is 8.65. The quantitative estimate of drug-likeness (QED) is 0.873. The first kappa shape index (κ1) is 11.2. The molecule has 2 aliphatic rings. The van der Waals surface area contributed by atoms with Crippen molar-refractivity contribution in [2.45, 2.75) is 37.8 Å². The molecule has 2 fully saturated rings. The highest BCUT2D eigenvalue weighted by atomic mass is 35.5. The van der Waals surface area contributed by atoms with Crippen LogP contribution in [-0.2, 0) is 11.2 Å². The van der Waals surface area contributed by atoms with Gasteiger partial charge in [-0.15, -0.1) is 0 Å². The Morgan fingerprint density at radius 2 is 2.12 bits per heavy atom. The zero-order valence-electron chi connectivity index (χ0n) is 9.66. The van der Waals surface area contributed by atoms with Crippen molar-refractivity contribution >= 4 is 17.4 Å². The van der Waals surface area contributed by atoms with Crippen LogP contribution in [0.4, 0.5) is 0 Å². The number of fused-ring (bicyclic) bond motifs is 2. The van der Waals surface area contributed by atoms with Crippen LogP contribution in [0.2, 0.25) is 5.02 Å². The van der Waals surface area contributed by atoms with Crippen molar-refractivity contribution in [3.05, 3.63) is 34.9 Å². The van der Waals surface area contributed by atoms with Gasteiger partial charge in [-0.2, -0.15) is 0 Å². The molecule has 1 N–H and O–H groups in total. The Morgan fingerprint density at radius 1 is 1.29 bits per heavy atom. The molecule has 2 aliphatic heterocycles. The summed E-state index contributed by atoms with van der Waals surface area (Å²) in [7, 11) is 0. The molecule has 0 amide bonds. The van der Waals surface area contributed by atoms with Gasteiger partial charge in [0.1, 0.15) is 5.78 Å². The van der Waals surface area contributed by atoms with Crippen molar-refractivity contribution in [3.63, 3.8) is 0 Å². The van der Waals surface area contributed by atoms with Crippen LogP contribution in [0.1, 0.15) is 24.8 Å². The van der Waals surface area contributed by atoms with E-state index >= 15 is 0 Å². The number of carbonyl (C=O) groups is 1. The number of benzene rings is 1. The van der Waals surface area contributed by atoms with E-state index in [2.05, 4.69) is 5.32 Å². The van der Waals surface area contributed by atoms with Crippen molar-refractivity contribution in [2.75, 3.05) is 0 Å². The zero-order chi connectivity index (χ0) is 11.8. The van der Waals surface area contributed by atoms with E-state index < -0.39 is 0 Å². The lowest BCUT2D eigenvalue weighted by Gasteiger charge is -2.29. The lowest BCUT2D eigenvalue weighted by Crippen LogP contribution is -2.46. The molecule has 0 aliphatic carbocycles. The monoisotopic (exact) mass is 249 g/mol. The van der Waals surface area contributed by atoms with Crippen molar-refractivity contribution in [2.24, 2.45) is 5.92 Å².